The van der Waals surface area contributed by atoms with Crippen LogP contribution in [0.25, 0.3) is 0 Å². The number of likely N-dealkylation sites (tertiary alicyclic amines) is 1. The van der Waals surface area contributed by atoms with Gasteiger partial charge >= 0.3 is 12.0 Å². The molecule has 38 heavy (non-hydrogen) atoms. The number of amides is 3. The first-order valence-corrected chi connectivity index (χ1v) is 13.6. The van der Waals surface area contributed by atoms with Crippen molar-refractivity contribution >= 4 is 41.0 Å². The lowest BCUT2D eigenvalue weighted by Crippen LogP contribution is -2.58. The number of esters is 1. The quantitative estimate of drug-likeness (QED) is 0.508. The Balaban J connectivity index is 1.57. The molecule has 2 aromatic rings. The third-order valence-corrected chi connectivity index (χ3v) is 7.56. The molecule has 204 valence electrons. The number of aliphatic hydroxyl groups excluding tert-OH is 1. The minimum Gasteiger partial charge on any atom is -0.460 e. The van der Waals surface area contributed by atoms with Crippen molar-refractivity contribution in [3.63, 3.8) is 0 Å². The molecule has 4 rings (SSSR count). The standard InChI is InChI=1S/C28H34FN3O5S/c1-28(2,3)37-25(34)16-18(22(33)17-29)30-26(35)21-12-8-9-15-31(21)27(36)32-19-10-4-6-13-23(19)38-24-14-7-5-11-20(24)32/h4-7,10-11,13-14,18,21-22,33H,8-9,12,15-17H2,1-3H3,(H,30,35)/t18?,21-,22?/m0/s1. The fraction of sp³-hybridized carbons (Fsp3) is 0.464. The molecule has 1 saturated heterocycles. The zero-order valence-electron chi connectivity index (χ0n) is 21.9. The second kappa shape index (κ2) is 11.7. The smallest absolute Gasteiger partial charge is 0.329 e. The van der Waals surface area contributed by atoms with Crippen LogP contribution in [-0.4, -0.2) is 64.9 Å². The van der Waals surface area contributed by atoms with Crippen LogP contribution in [0.5, 0.6) is 0 Å². The first-order chi connectivity index (χ1) is 18.1. The van der Waals surface area contributed by atoms with Crippen molar-refractivity contribution in [1.82, 2.24) is 10.2 Å². The van der Waals surface area contributed by atoms with Gasteiger partial charge in [-0.05, 0) is 64.3 Å². The Hall–Kier alpha value is -3.11. The normalized spacial score (nSPS) is 18.6. The second-order valence-corrected chi connectivity index (χ2v) is 11.6. The molecule has 1 fully saturated rings. The van der Waals surface area contributed by atoms with Crippen LogP contribution < -0.4 is 10.2 Å². The number of ether oxygens (including phenoxy) is 1. The topological polar surface area (TPSA) is 99.2 Å². The molecule has 0 saturated carbocycles. The summed E-state index contributed by atoms with van der Waals surface area (Å²) in [6, 6.07) is 12.9. The van der Waals surface area contributed by atoms with Crippen LogP contribution in [0.15, 0.2) is 58.3 Å². The zero-order chi connectivity index (χ0) is 27.4. The van der Waals surface area contributed by atoms with Gasteiger partial charge in [0.2, 0.25) is 5.91 Å². The molecule has 2 unspecified atom stereocenters. The summed E-state index contributed by atoms with van der Waals surface area (Å²) in [6.07, 6.45) is -0.104. The summed E-state index contributed by atoms with van der Waals surface area (Å²) in [6.45, 7) is 4.33. The number of hydrogen-bond acceptors (Lipinski definition) is 6. The summed E-state index contributed by atoms with van der Waals surface area (Å²) in [5.41, 5.74) is 0.709. The van der Waals surface area contributed by atoms with Crippen LogP contribution in [0, 0.1) is 0 Å². The number of carbonyl (C=O) groups is 3. The van der Waals surface area contributed by atoms with Gasteiger partial charge in [0.05, 0.1) is 23.8 Å². The highest BCUT2D eigenvalue weighted by atomic mass is 32.2. The Morgan fingerprint density at radius 1 is 1.08 bits per heavy atom. The van der Waals surface area contributed by atoms with Gasteiger partial charge in [0.25, 0.3) is 0 Å². The SMILES string of the molecule is CC(C)(C)OC(=O)CC(NC(=O)[C@@H]1CCCCN1C(=O)N1c2ccccc2Sc2ccccc21)C(O)CF. The number of anilines is 2. The maximum absolute atomic E-state index is 14.1. The van der Waals surface area contributed by atoms with E-state index in [4.69, 9.17) is 4.74 Å². The van der Waals surface area contributed by atoms with Gasteiger partial charge in [0.1, 0.15) is 24.4 Å². The first-order valence-electron chi connectivity index (χ1n) is 12.8. The number of halogens is 1. The Morgan fingerprint density at radius 2 is 1.68 bits per heavy atom. The van der Waals surface area contributed by atoms with Crippen molar-refractivity contribution < 1.29 is 28.6 Å². The summed E-state index contributed by atoms with van der Waals surface area (Å²) in [7, 11) is 0. The predicted octanol–water partition coefficient (Wildman–Crippen LogP) is 4.81. The third kappa shape index (κ3) is 6.30. The molecule has 2 N–H and O–H groups in total. The van der Waals surface area contributed by atoms with Gasteiger partial charge in [-0.1, -0.05) is 36.0 Å². The van der Waals surface area contributed by atoms with Crippen LogP contribution >= 0.6 is 11.8 Å². The van der Waals surface area contributed by atoms with Gasteiger partial charge in [0.15, 0.2) is 0 Å². The Bertz CT molecular complexity index is 1140. The van der Waals surface area contributed by atoms with Crippen molar-refractivity contribution in [2.24, 2.45) is 0 Å². The van der Waals surface area contributed by atoms with Crippen molar-refractivity contribution in [2.75, 3.05) is 18.1 Å². The molecule has 2 heterocycles. The van der Waals surface area contributed by atoms with Crippen LogP contribution in [-0.2, 0) is 14.3 Å². The highest BCUT2D eigenvalue weighted by Crippen LogP contribution is 2.48. The molecule has 0 aromatic heterocycles. The van der Waals surface area contributed by atoms with Crippen molar-refractivity contribution in [3.8, 4) is 0 Å². The highest BCUT2D eigenvalue weighted by Gasteiger charge is 2.39. The van der Waals surface area contributed by atoms with Gasteiger partial charge in [-0.2, -0.15) is 0 Å². The number of nitrogens with zero attached hydrogens (tertiary/aromatic N) is 2. The number of benzene rings is 2. The number of para-hydroxylation sites is 2. The number of alkyl halides is 1. The lowest BCUT2D eigenvalue weighted by Gasteiger charge is -2.40. The number of aliphatic hydroxyl groups is 1. The monoisotopic (exact) mass is 543 g/mol. The highest BCUT2D eigenvalue weighted by molar-refractivity contribution is 7.99. The summed E-state index contributed by atoms with van der Waals surface area (Å²) >= 11 is 1.58. The summed E-state index contributed by atoms with van der Waals surface area (Å²) in [5, 5.41) is 12.9. The molecule has 2 aliphatic rings. The predicted molar refractivity (Wildman–Crippen MR) is 143 cm³/mol. The molecule has 3 atom stereocenters. The van der Waals surface area contributed by atoms with Gasteiger partial charge in [0, 0.05) is 16.3 Å². The van der Waals surface area contributed by atoms with E-state index >= 15 is 0 Å². The number of carbonyl (C=O) groups excluding carboxylic acids is 3. The van der Waals surface area contributed by atoms with E-state index in [0.717, 1.165) is 34.0 Å². The van der Waals surface area contributed by atoms with Crippen molar-refractivity contribution in [2.45, 2.75) is 80.0 Å². The van der Waals surface area contributed by atoms with Crippen LogP contribution in [0.2, 0.25) is 0 Å². The van der Waals surface area contributed by atoms with E-state index in [-0.39, 0.29) is 6.03 Å². The van der Waals surface area contributed by atoms with E-state index in [1.54, 1.807) is 37.4 Å². The van der Waals surface area contributed by atoms with Crippen LogP contribution in [0.3, 0.4) is 0 Å². The molecule has 8 nitrogen and oxygen atoms in total. The molecular formula is C28H34FN3O5S. The second-order valence-electron chi connectivity index (χ2n) is 10.5. The van der Waals surface area contributed by atoms with Crippen molar-refractivity contribution in [1.29, 1.82) is 0 Å². The molecule has 2 aromatic carbocycles. The maximum Gasteiger partial charge on any atom is 0.329 e. The Morgan fingerprint density at radius 3 is 2.26 bits per heavy atom. The number of rotatable bonds is 6. The fourth-order valence-electron chi connectivity index (χ4n) is 4.70. The number of hydrogen-bond donors (Lipinski definition) is 2. The van der Waals surface area contributed by atoms with E-state index in [1.807, 2.05) is 48.5 Å². The van der Waals surface area contributed by atoms with Crippen molar-refractivity contribution in [3.05, 3.63) is 48.5 Å². The molecule has 10 heteroatoms. The Labute approximate surface area is 226 Å². The summed E-state index contributed by atoms with van der Waals surface area (Å²) in [4.78, 5) is 45.0. The third-order valence-electron chi connectivity index (χ3n) is 6.43. The number of piperidine rings is 1. The van der Waals surface area contributed by atoms with Crippen LogP contribution in [0.4, 0.5) is 20.6 Å². The summed E-state index contributed by atoms with van der Waals surface area (Å²) < 4.78 is 18.7. The number of urea groups is 1. The minimum atomic E-state index is -1.59. The zero-order valence-corrected chi connectivity index (χ0v) is 22.7. The number of nitrogens with one attached hydrogen (secondary N) is 1. The Kier molecular flexibility index (Phi) is 8.62. The molecule has 3 amide bonds. The van der Waals surface area contributed by atoms with E-state index in [2.05, 4.69) is 5.32 Å². The van der Waals surface area contributed by atoms with Gasteiger partial charge in [-0.25, -0.2) is 9.18 Å². The van der Waals surface area contributed by atoms with E-state index < -0.39 is 48.8 Å². The average Bonchev–Trinajstić information content (AvgIpc) is 2.89. The first kappa shape index (κ1) is 27.9. The average molecular weight is 544 g/mol. The molecular weight excluding hydrogens is 509 g/mol. The van der Waals surface area contributed by atoms with Crippen LogP contribution in [0.1, 0.15) is 46.5 Å². The van der Waals surface area contributed by atoms with E-state index in [9.17, 15) is 23.9 Å². The largest absolute Gasteiger partial charge is 0.460 e. The van der Waals surface area contributed by atoms with Gasteiger partial charge in [-0.3, -0.25) is 14.5 Å². The maximum atomic E-state index is 14.1. The van der Waals surface area contributed by atoms with E-state index in [1.165, 1.54) is 4.90 Å². The lowest BCUT2D eigenvalue weighted by molar-refractivity contribution is -0.156. The molecule has 0 bridgehead atoms. The summed E-state index contributed by atoms with van der Waals surface area (Å²) in [5.74, 6) is -1.20. The molecule has 0 aliphatic carbocycles. The molecule has 0 spiro atoms. The minimum absolute atomic E-state index is 0.334. The molecule has 2 aliphatic heterocycles. The van der Waals surface area contributed by atoms with Gasteiger partial charge < -0.3 is 20.1 Å². The van der Waals surface area contributed by atoms with Gasteiger partial charge in [-0.15, -0.1) is 0 Å². The van der Waals surface area contributed by atoms with E-state index in [0.29, 0.717) is 13.0 Å². The number of fused-ring (bicyclic) bond motifs is 2. The lowest BCUT2D eigenvalue weighted by atomic mass is 10.00. The fourth-order valence-corrected chi connectivity index (χ4v) is 5.76. The molecule has 0 radical (unpaired) electrons.